The lowest BCUT2D eigenvalue weighted by Crippen LogP contribution is -2.38. The van der Waals surface area contributed by atoms with Crippen molar-refractivity contribution >= 4 is 11.6 Å². The molecular formula is C18H20ClNO3. The van der Waals surface area contributed by atoms with Crippen molar-refractivity contribution in [2.75, 3.05) is 20.8 Å². The molecule has 122 valence electrons. The second kappa shape index (κ2) is 7.11. The number of fused-ring (bicyclic) bond motifs is 1. The van der Waals surface area contributed by atoms with Gasteiger partial charge in [0.2, 0.25) is 0 Å². The van der Waals surface area contributed by atoms with E-state index in [1.807, 2.05) is 30.3 Å². The van der Waals surface area contributed by atoms with Gasteiger partial charge >= 0.3 is 0 Å². The molecule has 23 heavy (non-hydrogen) atoms. The van der Waals surface area contributed by atoms with E-state index in [0.29, 0.717) is 29.7 Å². The molecule has 2 aromatic rings. The molecule has 1 atom stereocenters. The van der Waals surface area contributed by atoms with E-state index in [9.17, 15) is 0 Å². The number of nitrogens with one attached hydrogen (secondary N) is 1. The van der Waals surface area contributed by atoms with Gasteiger partial charge in [-0.3, -0.25) is 0 Å². The molecule has 0 spiro atoms. The van der Waals surface area contributed by atoms with Crippen LogP contribution >= 0.6 is 11.6 Å². The zero-order valence-electron chi connectivity index (χ0n) is 13.3. The van der Waals surface area contributed by atoms with Crippen LogP contribution in [0.5, 0.6) is 17.2 Å². The molecule has 0 saturated carbocycles. The standard InChI is InChI=1S/C18H20ClNO3/c1-21-17-8-12(7-15(19)18(17)22-2)10-20-14-9-13-5-3-4-6-16(13)23-11-14/h3-8,14,20H,9-11H2,1-2H3/t14-/m0/s1. The minimum absolute atomic E-state index is 0.275. The fraction of sp³-hybridized carbons (Fsp3) is 0.333. The van der Waals surface area contributed by atoms with Gasteiger partial charge < -0.3 is 19.5 Å². The zero-order valence-corrected chi connectivity index (χ0v) is 14.0. The molecule has 0 fully saturated rings. The van der Waals surface area contributed by atoms with Crippen molar-refractivity contribution in [3.8, 4) is 17.2 Å². The SMILES string of the molecule is COc1cc(CN[C@@H]2COc3ccccc3C2)cc(Cl)c1OC. The second-order valence-corrected chi connectivity index (χ2v) is 5.92. The maximum Gasteiger partial charge on any atom is 0.179 e. The number of rotatable bonds is 5. The Morgan fingerprint density at radius 2 is 2.04 bits per heavy atom. The summed E-state index contributed by atoms with van der Waals surface area (Å²) in [6, 6.07) is 12.3. The summed E-state index contributed by atoms with van der Waals surface area (Å²) >= 11 is 6.24. The lowest BCUT2D eigenvalue weighted by atomic mass is 10.0. The van der Waals surface area contributed by atoms with Gasteiger partial charge in [0, 0.05) is 12.6 Å². The van der Waals surface area contributed by atoms with Crippen molar-refractivity contribution in [3.63, 3.8) is 0 Å². The minimum Gasteiger partial charge on any atom is -0.493 e. The first-order valence-corrected chi connectivity index (χ1v) is 7.93. The topological polar surface area (TPSA) is 39.7 Å². The molecule has 2 aromatic carbocycles. The summed E-state index contributed by atoms with van der Waals surface area (Å²) in [5.74, 6) is 2.19. The predicted molar refractivity (Wildman–Crippen MR) is 90.8 cm³/mol. The highest BCUT2D eigenvalue weighted by Gasteiger charge is 2.19. The van der Waals surface area contributed by atoms with E-state index in [-0.39, 0.29) is 6.04 Å². The van der Waals surface area contributed by atoms with Crippen molar-refractivity contribution in [3.05, 3.63) is 52.5 Å². The molecule has 0 unspecified atom stereocenters. The molecule has 0 amide bonds. The van der Waals surface area contributed by atoms with Gasteiger partial charge in [-0.05, 0) is 35.7 Å². The highest BCUT2D eigenvalue weighted by Crippen LogP contribution is 2.36. The summed E-state index contributed by atoms with van der Waals surface area (Å²) in [6.45, 7) is 1.36. The van der Waals surface area contributed by atoms with Crippen LogP contribution in [-0.2, 0) is 13.0 Å². The molecule has 5 heteroatoms. The molecule has 1 N–H and O–H groups in total. The van der Waals surface area contributed by atoms with Crippen LogP contribution in [0.4, 0.5) is 0 Å². The number of ether oxygens (including phenoxy) is 3. The Balaban J connectivity index is 1.66. The summed E-state index contributed by atoms with van der Waals surface area (Å²) < 4.78 is 16.4. The summed E-state index contributed by atoms with van der Waals surface area (Å²) in [5, 5.41) is 4.06. The van der Waals surface area contributed by atoms with Gasteiger partial charge in [-0.15, -0.1) is 0 Å². The van der Waals surface area contributed by atoms with Gasteiger partial charge in [0.25, 0.3) is 0 Å². The third-order valence-corrected chi connectivity index (χ3v) is 4.25. The molecule has 0 radical (unpaired) electrons. The summed E-state index contributed by atoms with van der Waals surface area (Å²) in [6.07, 6.45) is 0.956. The molecular weight excluding hydrogens is 314 g/mol. The largest absolute Gasteiger partial charge is 0.493 e. The van der Waals surface area contributed by atoms with E-state index < -0.39 is 0 Å². The van der Waals surface area contributed by atoms with Crippen molar-refractivity contribution in [2.45, 2.75) is 19.0 Å². The van der Waals surface area contributed by atoms with Crippen molar-refractivity contribution in [2.24, 2.45) is 0 Å². The lowest BCUT2D eigenvalue weighted by molar-refractivity contribution is 0.238. The van der Waals surface area contributed by atoms with E-state index >= 15 is 0 Å². The number of methoxy groups -OCH3 is 2. The van der Waals surface area contributed by atoms with Crippen molar-refractivity contribution in [1.82, 2.24) is 5.32 Å². The molecule has 1 aliphatic rings. The first kappa shape index (κ1) is 16.0. The van der Waals surface area contributed by atoms with Gasteiger partial charge in [0.15, 0.2) is 11.5 Å². The number of para-hydroxylation sites is 1. The lowest BCUT2D eigenvalue weighted by Gasteiger charge is -2.26. The van der Waals surface area contributed by atoms with E-state index in [1.54, 1.807) is 14.2 Å². The Hall–Kier alpha value is -1.91. The summed E-state index contributed by atoms with van der Waals surface area (Å²) in [7, 11) is 3.19. The van der Waals surface area contributed by atoms with Gasteiger partial charge in [-0.1, -0.05) is 29.8 Å². The first-order valence-electron chi connectivity index (χ1n) is 7.55. The maximum absolute atomic E-state index is 6.24. The Labute approximate surface area is 141 Å². The number of hydrogen-bond donors (Lipinski definition) is 1. The Morgan fingerprint density at radius 3 is 2.83 bits per heavy atom. The third kappa shape index (κ3) is 3.54. The van der Waals surface area contributed by atoms with Crippen LogP contribution in [0.2, 0.25) is 5.02 Å². The molecule has 4 nitrogen and oxygen atoms in total. The van der Waals surface area contributed by atoms with Gasteiger partial charge in [0.05, 0.1) is 19.2 Å². The molecule has 0 bridgehead atoms. The molecule has 3 rings (SSSR count). The van der Waals surface area contributed by atoms with Crippen LogP contribution in [0, 0.1) is 0 Å². The van der Waals surface area contributed by atoms with E-state index in [2.05, 4.69) is 11.4 Å². The molecule has 1 aliphatic heterocycles. The minimum atomic E-state index is 0.275. The monoisotopic (exact) mass is 333 g/mol. The van der Waals surface area contributed by atoms with Crippen LogP contribution < -0.4 is 19.5 Å². The summed E-state index contributed by atoms with van der Waals surface area (Å²) in [5.41, 5.74) is 2.29. The van der Waals surface area contributed by atoms with Crippen LogP contribution in [0.15, 0.2) is 36.4 Å². The first-order chi connectivity index (χ1) is 11.2. The van der Waals surface area contributed by atoms with Gasteiger partial charge in [-0.25, -0.2) is 0 Å². The number of hydrogen-bond acceptors (Lipinski definition) is 4. The van der Waals surface area contributed by atoms with Crippen LogP contribution in [0.25, 0.3) is 0 Å². The predicted octanol–water partition coefficient (Wildman–Crippen LogP) is 3.45. The van der Waals surface area contributed by atoms with E-state index in [1.165, 1.54) is 5.56 Å². The highest BCUT2D eigenvalue weighted by atomic mass is 35.5. The smallest absolute Gasteiger partial charge is 0.179 e. The van der Waals surface area contributed by atoms with Crippen LogP contribution in [0.3, 0.4) is 0 Å². The second-order valence-electron chi connectivity index (χ2n) is 5.51. The van der Waals surface area contributed by atoms with Crippen molar-refractivity contribution < 1.29 is 14.2 Å². The van der Waals surface area contributed by atoms with Gasteiger partial charge in [0.1, 0.15) is 12.4 Å². The Kier molecular flexibility index (Phi) is 4.94. The third-order valence-electron chi connectivity index (χ3n) is 3.97. The number of halogens is 1. The van der Waals surface area contributed by atoms with Crippen molar-refractivity contribution in [1.29, 1.82) is 0 Å². The Morgan fingerprint density at radius 1 is 1.22 bits per heavy atom. The van der Waals surface area contributed by atoms with Crippen LogP contribution in [-0.4, -0.2) is 26.9 Å². The normalized spacial score (nSPS) is 16.4. The fourth-order valence-electron chi connectivity index (χ4n) is 2.79. The highest BCUT2D eigenvalue weighted by molar-refractivity contribution is 6.32. The summed E-state index contributed by atoms with van der Waals surface area (Å²) in [4.78, 5) is 0. The average molecular weight is 334 g/mol. The maximum atomic E-state index is 6.24. The molecule has 1 heterocycles. The molecule has 0 aliphatic carbocycles. The van der Waals surface area contributed by atoms with Crippen LogP contribution in [0.1, 0.15) is 11.1 Å². The zero-order chi connectivity index (χ0) is 16.2. The number of benzene rings is 2. The average Bonchev–Trinajstić information content (AvgIpc) is 2.59. The van der Waals surface area contributed by atoms with E-state index in [4.69, 9.17) is 25.8 Å². The fourth-order valence-corrected chi connectivity index (χ4v) is 3.11. The van der Waals surface area contributed by atoms with E-state index in [0.717, 1.165) is 17.7 Å². The quantitative estimate of drug-likeness (QED) is 0.909. The molecule has 0 aromatic heterocycles. The molecule has 0 saturated heterocycles. The Bertz CT molecular complexity index is 690. The van der Waals surface area contributed by atoms with Gasteiger partial charge in [-0.2, -0.15) is 0 Å².